The van der Waals surface area contributed by atoms with Crippen LogP contribution in [0.5, 0.6) is 0 Å². The first kappa shape index (κ1) is 6.71. The number of carbonyl (C=O) groups excluding carboxylic acids is 1. The minimum atomic E-state index is -0.000000000000000222. The monoisotopic (exact) mass is 128 g/mol. The lowest BCUT2D eigenvalue weighted by atomic mass is 10.0. The van der Waals surface area contributed by atoms with E-state index in [0.717, 1.165) is 12.7 Å². The second-order valence-electron chi connectivity index (χ2n) is 3.10. The van der Waals surface area contributed by atoms with E-state index in [2.05, 4.69) is 24.7 Å². The Morgan fingerprint density at radius 2 is 2.33 bits per heavy atom. The Bertz CT molecular complexity index is 122. The predicted octanol–water partition coefficient (Wildman–Crippen LogP) is -0.170. The first-order valence-corrected chi connectivity index (χ1v) is 3.12. The largest absolute Gasteiger partial charge is 0.302 e. The summed E-state index contributed by atoms with van der Waals surface area (Å²) in [5.41, 5.74) is 5.97. The molecule has 0 saturated carbocycles. The van der Waals surface area contributed by atoms with Crippen molar-refractivity contribution in [2.75, 3.05) is 0 Å². The summed E-state index contributed by atoms with van der Waals surface area (Å²) in [6.07, 6.45) is 1.80. The maximum absolute atomic E-state index is 10.2. The molecule has 52 valence electrons. The Morgan fingerprint density at radius 3 is 2.56 bits per heavy atom. The molecule has 3 nitrogen and oxygen atoms in total. The average Bonchev–Trinajstić information content (AvgIpc) is 2.10. The predicted molar refractivity (Wildman–Crippen MR) is 34.8 cm³/mol. The summed E-state index contributed by atoms with van der Waals surface area (Å²) in [5, 5.41) is 0. The van der Waals surface area contributed by atoms with Gasteiger partial charge >= 0.3 is 0 Å². The van der Waals surface area contributed by atoms with E-state index in [1.165, 1.54) is 0 Å². The molecule has 1 aliphatic heterocycles. The number of hydrogen-bond donors (Lipinski definition) is 2. The van der Waals surface area contributed by atoms with Gasteiger partial charge in [0.15, 0.2) is 0 Å². The van der Waals surface area contributed by atoms with E-state index in [4.69, 9.17) is 0 Å². The summed E-state index contributed by atoms with van der Waals surface area (Å²) < 4.78 is 0. The number of nitrogens with one attached hydrogen (secondary N) is 2. The van der Waals surface area contributed by atoms with Gasteiger partial charge < -0.3 is 4.79 Å². The quantitative estimate of drug-likeness (QED) is 0.482. The van der Waals surface area contributed by atoms with Crippen molar-refractivity contribution in [2.24, 2.45) is 0 Å². The average molecular weight is 128 g/mol. The highest BCUT2D eigenvalue weighted by Gasteiger charge is 2.29. The van der Waals surface area contributed by atoms with E-state index < -0.39 is 0 Å². The fourth-order valence-corrected chi connectivity index (χ4v) is 1.02. The Kier molecular flexibility index (Phi) is 1.55. The van der Waals surface area contributed by atoms with Crippen molar-refractivity contribution in [3.63, 3.8) is 0 Å². The van der Waals surface area contributed by atoms with Crippen molar-refractivity contribution < 1.29 is 4.79 Å². The molecule has 9 heavy (non-hydrogen) atoms. The first-order valence-electron chi connectivity index (χ1n) is 3.12. The molecule has 0 aliphatic carbocycles. The van der Waals surface area contributed by atoms with Crippen LogP contribution in [0.25, 0.3) is 0 Å². The van der Waals surface area contributed by atoms with Crippen LogP contribution in [0.1, 0.15) is 20.3 Å². The van der Waals surface area contributed by atoms with Gasteiger partial charge in [-0.3, -0.25) is 5.43 Å². The lowest BCUT2D eigenvalue weighted by Gasteiger charge is -2.14. The standard InChI is InChI=1S/C6H12N2O/c1-6(2)3-5(4-9)7-8-6/h4-5,7-8H,3H2,1-2H3. The van der Waals surface area contributed by atoms with Gasteiger partial charge in [0.2, 0.25) is 0 Å². The van der Waals surface area contributed by atoms with E-state index in [1.54, 1.807) is 0 Å². The molecule has 0 aromatic rings. The third kappa shape index (κ3) is 1.50. The van der Waals surface area contributed by atoms with E-state index in [9.17, 15) is 4.79 Å². The molecule has 0 aromatic heterocycles. The molecular formula is C6H12N2O. The molecule has 0 radical (unpaired) electrons. The maximum atomic E-state index is 10.2. The maximum Gasteiger partial charge on any atom is 0.138 e. The first-order chi connectivity index (χ1) is 4.14. The van der Waals surface area contributed by atoms with Crippen LogP contribution in [-0.4, -0.2) is 17.9 Å². The molecule has 0 spiro atoms. The lowest BCUT2D eigenvalue weighted by Crippen LogP contribution is -2.39. The van der Waals surface area contributed by atoms with Crippen molar-refractivity contribution in [2.45, 2.75) is 31.8 Å². The minimum absolute atomic E-state index is 0.000000000000000222. The van der Waals surface area contributed by atoms with Crippen molar-refractivity contribution >= 4 is 6.29 Å². The fraction of sp³-hybridized carbons (Fsp3) is 0.833. The van der Waals surface area contributed by atoms with Crippen LogP contribution in [-0.2, 0) is 4.79 Å². The van der Waals surface area contributed by atoms with E-state index in [1.807, 2.05) is 0 Å². The van der Waals surface area contributed by atoms with Gasteiger partial charge in [-0.05, 0) is 20.3 Å². The second kappa shape index (κ2) is 2.08. The summed E-state index contributed by atoms with van der Waals surface area (Å²) in [4.78, 5) is 10.2. The van der Waals surface area contributed by atoms with Gasteiger partial charge in [-0.1, -0.05) is 0 Å². The van der Waals surface area contributed by atoms with E-state index >= 15 is 0 Å². The normalized spacial score (nSPS) is 32.4. The van der Waals surface area contributed by atoms with Crippen molar-refractivity contribution in [3.05, 3.63) is 0 Å². The zero-order valence-corrected chi connectivity index (χ0v) is 5.77. The van der Waals surface area contributed by atoms with Gasteiger partial charge in [0.25, 0.3) is 0 Å². The molecule has 0 amide bonds. The van der Waals surface area contributed by atoms with Crippen LogP contribution >= 0.6 is 0 Å². The van der Waals surface area contributed by atoms with Crippen LogP contribution in [0.15, 0.2) is 0 Å². The highest BCUT2D eigenvalue weighted by molar-refractivity contribution is 5.58. The molecule has 1 unspecified atom stereocenters. The molecule has 1 heterocycles. The van der Waals surface area contributed by atoms with Gasteiger partial charge in [-0.2, -0.15) is 0 Å². The van der Waals surface area contributed by atoms with E-state index in [0.29, 0.717) is 0 Å². The summed E-state index contributed by atoms with van der Waals surface area (Å²) in [7, 11) is 0. The smallest absolute Gasteiger partial charge is 0.138 e. The summed E-state index contributed by atoms with van der Waals surface area (Å²) in [6, 6.07) is -0.000000000000000222. The van der Waals surface area contributed by atoms with Crippen LogP contribution in [0.4, 0.5) is 0 Å². The summed E-state index contributed by atoms with van der Waals surface area (Å²) >= 11 is 0. The van der Waals surface area contributed by atoms with Gasteiger partial charge in [0.1, 0.15) is 6.29 Å². The topological polar surface area (TPSA) is 41.1 Å². The Labute approximate surface area is 54.8 Å². The highest BCUT2D eigenvalue weighted by Crippen LogP contribution is 2.14. The second-order valence-corrected chi connectivity index (χ2v) is 3.10. The minimum Gasteiger partial charge on any atom is -0.302 e. The van der Waals surface area contributed by atoms with Crippen molar-refractivity contribution in [1.29, 1.82) is 0 Å². The Hall–Kier alpha value is -0.410. The molecule has 1 atom stereocenters. The van der Waals surface area contributed by atoms with Crippen LogP contribution in [0.3, 0.4) is 0 Å². The molecule has 3 heteroatoms. The SMILES string of the molecule is CC1(C)CC(C=O)NN1. The van der Waals surface area contributed by atoms with Gasteiger partial charge in [0.05, 0.1) is 6.04 Å². The molecule has 1 rings (SSSR count). The van der Waals surface area contributed by atoms with Gasteiger partial charge in [-0.25, -0.2) is 5.43 Å². The zero-order chi connectivity index (χ0) is 6.91. The summed E-state index contributed by atoms with van der Waals surface area (Å²) in [5.74, 6) is 0. The number of hydrogen-bond acceptors (Lipinski definition) is 3. The summed E-state index contributed by atoms with van der Waals surface area (Å²) in [6.45, 7) is 4.12. The molecular weight excluding hydrogens is 116 g/mol. The van der Waals surface area contributed by atoms with Gasteiger partial charge in [-0.15, -0.1) is 0 Å². The van der Waals surface area contributed by atoms with Crippen LogP contribution in [0, 0.1) is 0 Å². The molecule has 1 fully saturated rings. The molecule has 0 aromatic carbocycles. The zero-order valence-electron chi connectivity index (χ0n) is 5.77. The number of hydrazine groups is 1. The van der Waals surface area contributed by atoms with Crippen LogP contribution in [0.2, 0.25) is 0 Å². The number of aldehydes is 1. The van der Waals surface area contributed by atoms with Crippen molar-refractivity contribution in [1.82, 2.24) is 10.9 Å². The third-order valence-corrected chi connectivity index (χ3v) is 1.49. The molecule has 1 saturated heterocycles. The van der Waals surface area contributed by atoms with E-state index in [-0.39, 0.29) is 11.6 Å². The Morgan fingerprint density at radius 1 is 1.67 bits per heavy atom. The lowest BCUT2D eigenvalue weighted by molar-refractivity contribution is -0.109. The molecule has 2 N–H and O–H groups in total. The van der Waals surface area contributed by atoms with Crippen LogP contribution < -0.4 is 10.9 Å². The number of carbonyl (C=O) groups is 1. The Balaban J connectivity index is 2.47. The number of rotatable bonds is 1. The highest BCUT2D eigenvalue weighted by atomic mass is 16.1. The third-order valence-electron chi connectivity index (χ3n) is 1.49. The molecule has 0 bridgehead atoms. The fourth-order valence-electron chi connectivity index (χ4n) is 1.02. The molecule has 1 aliphatic rings. The van der Waals surface area contributed by atoms with Gasteiger partial charge in [0, 0.05) is 5.54 Å². The van der Waals surface area contributed by atoms with Crippen molar-refractivity contribution in [3.8, 4) is 0 Å².